The number of halogens is 3. The van der Waals surface area contributed by atoms with Gasteiger partial charge in [-0.2, -0.15) is 13.2 Å². The highest BCUT2D eigenvalue weighted by molar-refractivity contribution is 5.99. The quantitative estimate of drug-likeness (QED) is 0.564. The molecule has 0 fully saturated rings. The number of carbonyl (C=O) groups is 2. The molecule has 2 aromatic rings. The molecule has 0 spiro atoms. The summed E-state index contributed by atoms with van der Waals surface area (Å²) in [5, 5.41) is 8.00. The maximum Gasteiger partial charge on any atom is 0.433 e. The maximum absolute atomic E-state index is 12.6. The number of alkyl carbamates (subject to hydrolysis) is 1. The van der Waals surface area contributed by atoms with Crippen molar-refractivity contribution in [3.63, 3.8) is 0 Å². The van der Waals surface area contributed by atoms with Crippen LogP contribution in [0.2, 0.25) is 0 Å². The van der Waals surface area contributed by atoms with Gasteiger partial charge in [-0.05, 0) is 75.4 Å². The fourth-order valence-corrected chi connectivity index (χ4v) is 3.42. The molecule has 0 unspecified atom stereocenters. The smallest absolute Gasteiger partial charge is 0.433 e. The van der Waals surface area contributed by atoms with E-state index in [0.717, 1.165) is 48.7 Å². The minimum absolute atomic E-state index is 0.134. The van der Waals surface area contributed by atoms with E-state index in [1.807, 2.05) is 12.1 Å². The van der Waals surface area contributed by atoms with Crippen molar-refractivity contribution < 1.29 is 27.5 Å². The van der Waals surface area contributed by atoms with E-state index in [9.17, 15) is 22.8 Å². The number of ether oxygens (including phenoxy) is 1. The molecule has 0 saturated carbocycles. The van der Waals surface area contributed by atoms with Crippen molar-refractivity contribution in [3.8, 4) is 0 Å². The van der Waals surface area contributed by atoms with Crippen LogP contribution in [0.3, 0.4) is 0 Å². The lowest BCUT2D eigenvalue weighted by Gasteiger charge is -2.28. The van der Waals surface area contributed by atoms with Gasteiger partial charge >= 0.3 is 18.3 Å². The second-order valence-electron chi connectivity index (χ2n) is 8.51. The summed E-state index contributed by atoms with van der Waals surface area (Å²) >= 11 is 0. The minimum Gasteiger partial charge on any atom is -0.444 e. The Morgan fingerprint density at radius 1 is 1.06 bits per heavy atom. The number of carbonyl (C=O) groups excluding carboxylic acids is 2. The summed E-state index contributed by atoms with van der Waals surface area (Å²) in [7, 11) is 0. The predicted molar refractivity (Wildman–Crippen MR) is 113 cm³/mol. The van der Waals surface area contributed by atoms with Gasteiger partial charge in [0, 0.05) is 5.69 Å². The molecule has 172 valence electrons. The lowest BCUT2D eigenvalue weighted by atomic mass is 9.87. The van der Waals surface area contributed by atoms with Crippen LogP contribution in [0.1, 0.15) is 56.5 Å². The third kappa shape index (κ3) is 6.35. The predicted octanol–water partition coefficient (Wildman–Crippen LogP) is 5.65. The van der Waals surface area contributed by atoms with Crippen LogP contribution in [0.25, 0.3) is 0 Å². The van der Waals surface area contributed by atoms with Crippen molar-refractivity contribution in [3.05, 3.63) is 53.3 Å². The highest BCUT2D eigenvalue weighted by Crippen LogP contribution is 2.32. The summed E-state index contributed by atoms with van der Waals surface area (Å²) in [5.74, 6) is 0. The normalized spacial score (nSPS) is 16.0. The molecular weight excluding hydrogens is 425 g/mol. The van der Waals surface area contributed by atoms with Crippen molar-refractivity contribution in [2.45, 2.75) is 57.9 Å². The van der Waals surface area contributed by atoms with Crippen LogP contribution >= 0.6 is 0 Å². The van der Waals surface area contributed by atoms with Crippen LogP contribution in [0.4, 0.5) is 34.1 Å². The number of hydrogen-bond donors (Lipinski definition) is 3. The highest BCUT2D eigenvalue weighted by Gasteiger charge is 2.32. The van der Waals surface area contributed by atoms with Crippen molar-refractivity contribution in [2.24, 2.45) is 0 Å². The number of nitrogens with zero attached hydrogens (tertiary/aromatic N) is 1. The minimum atomic E-state index is -4.54. The fourth-order valence-electron chi connectivity index (χ4n) is 3.42. The number of pyridine rings is 1. The van der Waals surface area contributed by atoms with Crippen LogP contribution in [0, 0.1) is 0 Å². The van der Waals surface area contributed by atoms with Crippen LogP contribution < -0.4 is 16.0 Å². The Labute approximate surface area is 183 Å². The number of aromatic nitrogens is 1. The Bertz CT molecular complexity index is 985. The number of amides is 3. The van der Waals surface area contributed by atoms with E-state index >= 15 is 0 Å². The van der Waals surface area contributed by atoms with Crippen molar-refractivity contribution in [2.75, 3.05) is 10.6 Å². The number of anilines is 2. The molecule has 0 radical (unpaired) electrons. The molecule has 1 atom stereocenters. The van der Waals surface area contributed by atoms with E-state index in [0.29, 0.717) is 5.69 Å². The molecule has 1 aromatic carbocycles. The molecule has 1 heterocycles. The zero-order valence-corrected chi connectivity index (χ0v) is 18.0. The zero-order chi connectivity index (χ0) is 23.5. The van der Waals surface area contributed by atoms with Crippen molar-refractivity contribution in [1.82, 2.24) is 10.3 Å². The molecule has 0 saturated heterocycles. The van der Waals surface area contributed by atoms with Crippen LogP contribution in [-0.4, -0.2) is 22.7 Å². The third-order valence-electron chi connectivity index (χ3n) is 4.72. The second-order valence-corrected chi connectivity index (χ2v) is 8.51. The van der Waals surface area contributed by atoms with Gasteiger partial charge in [-0.3, -0.25) is 0 Å². The van der Waals surface area contributed by atoms with E-state index in [1.165, 1.54) is 0 Å². The standard InChI is InChI=1S/C22H25F3N4O3/c1-21(2,3)32-20(31)29-17-6-4-5-13-11-14(7-9-16(13)17)27-19(30)28-15-8-10-18(26-12-15)22(23,24)25/h7-12,17H,4-6H2,1-3H3,(H,29,31)(H2,27,28,30)/t17-/m0/s1. The molecule has 1 aliphatic rings. The molecule has 10 heteroatoms. The van der Waals surface area contributed by atoms with Crippen LogP contribution in [0.5, 0.6) is 0 Å². The molecule has 1 aromatic heterocycles. The van der Waals surface area contributed by atoms with E-state index in [1.54, 1.807) is 26.8 Å². The Morgan fingerprint density at radius 3 is 2.38 bits per heavy atom. The molecule has 3 amide bonds. The average Bonchev–Trinajstić information content (AvgIpc) is 2.66. The van der Waals surface area contributed by atoms with Gasteiger partial charge in [-0.1, -0.05) is 6.07 Å². The van der Waals surface area contributed by atoms with Gasteiger partial charge in [-0.15, -0.1) is 0 Å². The summed E-state index contributed by atoms with van der Waals surface area (Å²) in [6, 6.07) is 6.51. The Kier molecular flexibility index (Phi) is 6.61. The maximum atomic E-state index is 12.6. The number of rotatable bonds is 3. The number of urea groups is 1. The average molecular weight is 450 g/mol. The molecule has 3 rings (SSSR count). The number of benzene rings is 1. The fraction of sp³-hybridized carbons (Fsp3) is 0.409. The molecule has 0 aliphatic heterocycles. The van der Waals surface area contributed by atoms with E-state index < -0.39 is 29.6 Å². The summed E-state index contributed by atoms with van der Waals surface area (Å²) in [4.78, 5) is 27.7. The van der Waals surface area contributed by atoms with Gasteiger partial charge in [0.2, 0.25) is 0 Å². The van der Waals surface area contributed by atoms with E-state index in [2.05, 4.69) is 20.9 Å². The molecule has 7 nitrogen and oxygen atoms in total. The molecule has 1 aliphatic carbocycles. The third-order valence-corrected chi connectivity index (χ3v) is 4.72. The molecule has 32 heavy (non-hydrogen) atoms. The van der Waals surface area contributed by atoms with Gasteiger partial charge in [0.25, 0.3) is 0 Å². The number of nitrogens with one attached hydrogen (secondary N) is 3. The first-order valence-corrected chi connectivity index (χ1v) is 10.1. The SMILES string of the molecule is CC(C)(C)OC(=O)N[C@H]1CCCc2cc(NC(=O)Nc3ccc(C(F)(F)F)nc3)ccc21. The Balaban J connectivity index is 1.63. The number of fused-ring (bicyclic) bond motifs is 1. The second kappa shape index (κ2) is 9.05. The first kappa shape index (κ1) is 23.4. The summed E-state index contributed by atoms with van der Waals surface area (Å²) in [6.45, 7) is 5.39. The van der Waals surface area contributed by atoms with Crippen molar-refractivity contribution in [1.29, 1.82) is 0 Å². The zero-order valence-electron chi connectivity index (χ0n) is 18.0. The molecule has 3 N–H and O–H groups in total. The monoisotopic (exact) mass is 450 g/mol. The van der Waals surface area contributed by atoms with E-state index in [-0.39, 0.29) is 11.7 Å². The number of hydrogen-bond acceptors (Lipinski definition) is 4. The Morgan fingerprint density at radius 2 is 1.75 bits per heavy atom. The summed E-state index contributed by atoms with van der Waals surface area (Å²) < 4.78 is 43.1. The van der Waals surface area contributed by atoms with Gasteiger partial charge in [0.15, 0.2) is 0 Å². The number of aryl methyl sites for hydroxylation is 1. The Hall–Kier alpha value is -3.30. The topological polar surface area (TPSA) is 92.4 Å². The van der Waals surface area contributed by atoms with E-state index in [4.69, 9.17) is 4.74 Å². The highest BCUT2D eigenvalue weighted by atomic mass is 19.4. The van der Waals surface area contributed by atoms with Gasteiger partial charge in [0.1, 0.15) is 11.3 Å². The number of alkyl halides is 3. The summed E-state index contributed by atoms with van der Waals surface area (Å²) in [6.07, 6.45) is -1.65. The van der Waals surface area contributed by atoms with Crippen LogP contribution in [-0.2, 0) is 17.3 Å². The molecular formula is C22H25F3N4O3. The largest absolute Gasteiger partial charge is 0.444 e. The lowest BCUT2D eigenvalue weighted by molar-refractivity contribution is -0.141. The van der Waals surface area contributed by atoms with Gasteiger partial charge < -0.3 is 20.7 Å². The first-order chi connectivity index (χ1) is 14.9. The van der Waals surface area contributed by atoms with Crippen LogP contribution in [0.15, 0.2) is 36.5 Å². The summed E-state index contributed by atoms with van der Waals surface area (Å²) in [5.41, 5.74) is 0.985. The van der Waals surface area contributed by atoms with Crippen molar-refractivity contribution >= 4 is 23.5 Å². The lowest BCUT2D eigenvalue weighted by Crippen LogP contribution is -2.36. The first-order valence-electron chi connectivity index (χ1n) is 10.1. The van der Waals surface area contributed by atoms with Gasteiger partial charge in [0.05, 0.1) is 17.9 Å². The van der Waals surface area contributed by atoms with Gasteiger partial charge in [-0.25, -0.2) is 14.6 Å². The molecule has 0 bridgehead atoms.